The van der Waals surface area contributed by atoms with Gasteiger partial charge in [0.05, 0.1) is 0 Å². The minimum Gasteiger partial charge on any atom is -0.343 e. The van der Waals surface area contributed by atoms with E-state index in [0.29, 0.717) is 26.1 Å². The Morgan fingerprint density at radius 1 is 1.00 bits per heavy atom. The Labute approximate surface area is 127 Å². The van der Waals surface area contributed by atoms with Gasteiger partial charge in [-0.2, -0.15) is 0 Å². The summed E-state index contributed by atoms with van der Waals surface area (Å²) in [5.41, 5.74) is 3.10. The number of hydrogen-bond donors (Lipinski definition) is 0. The third-order valence-corrected chi connectivity index (χ3v) is 3.56. The van der Waals surface area contributed by atoms with E-state index in [1.807, 2.05) is 39.8 Å². The summed E-state index contributed by atoms with van der Waals surface area (Å²) in [6.45, 7) is 11.3. The molecule has 0 saturated carbocycles. The van der Waals surface area contributed by atoms with Crippen molar-refractivity contribution < 1.29 is 9.59 Å². The van der Waals surface area contributed by atoms with Crippen LogP contribution in [0.1, 0.15) is 38.3 Å². The molecule has 0 aromatic heterocycles. The summed E-state index contributed by atoms with van der Waals surface area (Å²) in [4.78, 5) is 27.4. The van der Waals surface area contributed by atoms with Gasteiger partial charge < -0.3 is 9.80 Å². The molecule has 0 heterocycles. The van der Waals surface area contributed by atoms with E-state index in [1.54, 1.807) is 16.7 Å². The predicted molar refractivity (Wildman–Crippen MR) is 86.5 cm³/mol. The zero-order chi connectivity index (χ0) is 16.0. The largest absolute Gasteiger partial charge is 0.343 e. The van der Waals surface area contributed by atoms with Crippen molar-refractivity contribution >= 4 is 17.5 Å². The van der Waals surface area contributed by atoms with Crippen LogP contribution in [0, 0.1) is 13.8 Å². The van der Waals surface area contributed by atoms with Gasteiger partial charge in [-0.05, 0) is 51.0 Å². The smallest absolute Gasteiger partial charge is 0.224 e. The van der Waals surface area contributed by atoms with E-state index in [2.05, 4.69) is 6.07 Å². The minimum atomic E-state index is -0.0349. The van der Waals surface area contributed by atoms with E-state index in [-0.39, 0.29) is 11.8 Å². The van der Waals surface area contributed by atoms with Crippen LogP contribution in [-0.2, 0) is 9.59 Å². The van der Waals surface area contributed by atoms with Crippen LogP contribution in [0.4, 0.5) is 5.69 Å². The zero-order valence-electron chi connectivity index (χ0n) is 13.8. The molecule has 1 rings (SSSR count). The predicted octanol–water partition coefficient (Wildman–Crippen LogP) is 2.91. The SMILES string of the molecule is CCN(CC)C(=O)CCN(C(C)=O)c1cc(C)cc(C)c1. The van der Waals surface area contributed by atoms with E-state index in [1.165, 1.54) is 0 Å². The molecule has 2 amide bonds. The normalized spacial score (nSPS) is 10.3. The topological polar surface area (TPSA) is 40.6 Å². The number of amides is 2. The second-order valence-corrected chi connectivity index (χ2v) is 5.33. The van der Waals surface area contributed by atoms with E-state index in [0.717, 1.165) is 16.8 Å². The lowest BCUT2D eigenvalue weighted by Crippen LogP contribution is -2.36. The summed E-state index contributed by atoms with van der Waals surface area (Å²) in [5, 5.41) is 0. The van der Waals surface area contributed by atoms with Crippen LogP contribution in [-0.4, -0.2) is 36.3 Å². The van der Waals surface area contributed by atoms with Crippen LogP contribution in [0.5, 0.6) is 0 Å². The fraction of sp³-hybridized carbons (Fsp3) is 0.529. The molecule has 21 heavy (non-hydrogen) atoms. The molecule has 0 radical (unpaired) electrons. The molecule has 0 spiro atoms. The highest BCUT2D eigenvalue weighted by atomic mass is 16.2. The van der Waals surface area contributed by atoms with Gasteiger partial charge >= 0.3 is 0 Å². The molecule has 0 unspecified atom stereocenters. The Bertz CT molecular complexity index is 487. The molecule has 4 nitrogen and oxygen atoms in total. The van der Waals surface area contributed by atoms with Gasteiger partial charge in [-0.15, -0.1) is 0 Å². The molecular weight excluding hydrogens is 264 g/mol. The lowest BCUT2D eigenvalue weighted by Gasteiger charge is -2.24. The lowest BCUT2D eigenvalue weighted by molar-refractivity contribution is -0.130. The number of aryl methyl sites for hydroxylation is 2. The highest BCUT2D eigenvalue weighted by molar-refractivity contribution is 5.92. The third kappa shape index (κ3) is 4.88. The second kappa shape index (κ2) is 7.81. The van der Waals surface area contributed by atoms with Crippen molar-refractivity contribution in [2.24, 2.45) is 0 Å². The van der Waals surface area contributed by atoms with Crippen molar-refractivity contribution in [1.29, 1.82) is 0 Å². The van der Waals surface area contributed by atoms with E-state index in [9.17, 15) is 9.59 Å². The first kappa shape index (κ1) is 17.2. The average molecular weight is 290 g/mol. The first-order chi connectivity index (χ1) is 9.88. The first-order valence-corrected chi connectivity index (χ1v) is 7.53. The molecule has 0 aliphatic heterocycles. The highest BCUT2D eigenvalue weighted by Gasteiger charge is 2.16. The summed E-state index contributed by atoms with van der Waals surface area (Å²) >= 11 is 0. The van der Waals surface area contributed by atoms with Crippen LogP contribution in [0.25, 0.3) is 0 Å². The van der Waals surface area contributed by atoms with Crippen molar-refractivity contribution in [2.75, 3.05) is 24.5 Å². The summed E-state index contributed by atoms with van der Waals surface area (Å²) in [7, 11) is 0. The highest BCUT2D eigenvalue weighted by Crippen LogP contribution is 2.19. The molecule has 0 N–H and O–H groups in total. The Hall–Kier alpha value is -1.84. The molecule has 0 fully saturated rings. The fourth-order valence-corrected chi connectivity index (χ4v) is 2.52. The standard InChI is InChI=1S/C17H26N2O2/c1-6-18(7-2)17(21)8-9-19(15(5)20)16-11-13(3)10-14(4)12-16/h10-12H,6-9H2,1-5H3. The van der Waals surface area contributed by atoms with Crippen molar-refractivity contribution in [2.45, 2.75) is 41.0 Å². The van der Waals surface area contributed by atoms with Gasteiger partial charge in [0.25, 0.3) is 0 Å². The van der Waals surface area contributed by atoms with Crippen LogP contribution < -0.4 is 4.90 Å². The number of carbonyl (C=O) groups is 2. The van der Waals surface area contributed by atoms with Crippen molar-refractivity contribution in [3.63, 3.8) is 0 Å². The maximum absolute atomic E-state index is 12.1. The second-order valence-electron chi connectivity index (χ2n) is 5.33. The van der Waals surface area contributed by atoms with Gasteiger partial charge in [-0.3, -0.25) is 9.59 Å². The minimum absolute atomic E-state index is 0.0349. The monoisotopic (exact) mass is 290 g/mol. The number of carbonyl (C=O) groups excluding carboxylic acids is 2. The van der Waals surface area contributed by atoms with Crippen molar-refractivity contribution in [1.82, 2.24) is 4.90 Å². The molecule has 1 aromatic carbocycles. The summed E-state index contributed by atoms with van der Waals surface area (Å²) in [6, 6.07) is 6.04. The van der Waals surface area contributed by atoms with Crippen LogP contribution >= 0.6 is 0 Å². The van der Waals surface area contributed by atoms with Crippen molar-refractivity contribution in [3.8, 4) is 0 Å². The van der Waals surface area contributed by atoms with Gasteiger partial charge in [0.1, 0.15) is 0 Å². The van der Waals surface area contributed by atoms with Crippen LogP contribution in [0.3, 0.4) is 0 Å². The number of benzene rings is 1. The Morgan fingerprint density at radius 3 is 1.95 bits per heavy atom. The lowest BCUT2D eigenvalue weighted by atomic mass is 10.1. The molecule has 0 bridgehead atoms. The third-order valence-electron chi connectivity index (χ3n) is 3.56. The van der Waals surface area contributed by atoms with Gasteiger partial charge in [-0.1, -0.05) is 6.07 Å². The molecule has 0 saturated heterocycles. The van der Waals surface area contributed by atoms with Gasteiger partial charge in [0.15, 0.2) is 0 Å². The number of anilines is 1. The zero-order valence-corrected chi connectivity index (χ0v) is 13.8. The van der Waals surface area contributed by atoms with E-state index in [4.69, 9.17) is 0 Å². The number of nitrogens with zero attached hydrogens (tertiary/aromatic N) is 2. The van der Waals surface area contributed by atoms with Crippen molar-refractivity contribution in [3.05, 3.63) is 29.3 Å². The Balaban J connectivity index is 2.84. The van der Waals surface area contributed by atoms with Crippen LogP contribution in [0.2, 0.25) is 0 Å². The molecule has 0 aliphatic rings. The fourth-order valence-electron chi connectivity index (χ4n) is 2.52. The number of hydrogen-bond acceptors (Lipinski definition) is 2. The maximum atomic E-state index is 12.1. The van der Waals surface area contributed by atoms with E-state index >= 15 is 0 Å². The molecule has 116 valence electrons. The quantitative estimate of drug-likeness (QED) is 0.808. The van der Waals surface area contributed by atoms with Gasteiger partial charge in [0, 0.05) is 38.7 Å². The first-order valence-electron chi connectivity index (χ1n) is 7.53. The maximum Gasteiger partial charge on any atom is 0.224 e. The van der Waals surface area contributed by atoms with Gasteiger partial charge in [0.2, 0.25) is 11.8 Å². The Kier molecular flexibility index (Phi) is 6.40. The van der Waals surface area contributed by atoms with E-state index < -0.39 is 0 Å². The van der Waals surface area contributed by atoms with Crippen LogP contribution in [0.15, 0.2) is 18.2 Å². The summed E-state index contributed by atoms with van der Waals surface area (Å²) < 4.78 is 0. The average Bonchev–Trinajstić information content (AvgIpc) is 2.38. The molecule has 0 atom stereocenters. The van der Waals surface area contributed by atoms with Gasteiger partial charge in [-0.25, -0.2) is 0 Å². The molecule has 0 aliphatic carbocycles. The Morgan fingerprint density at radius 2 is 1.52 bits per heavy atom. The molecular formula is C17H26N2O2. The molecule has 1 aromatic rings. The molecule has 4 heteroatoms. The summed E-state index contributed by atoms with van der Waals surface area (Å²) in [6.07, 6.45) is 0.355. The number of rotatable bonds is 6. The summed E-state index contributed by atoms with van der Waals surface area (Å²) in [5.74, 6) is 0.0583.